The summed E-state index contributed by atoms with van der Waals surface area (Å²) < 4.78 is 5.53. The summed E-state index contributed by atoms with van der Waals surface area (Å²) in [4.78, 5) is 23.8. The van der Waals surface area contributed by atoms with Crippen LogP contribution in [0.5, 0.6) is 0 Å². The zero-order valence-corrected chi connectivity index (χ0v) is 22.4. The predicted octanol–water partition coefficient (Wildman–Crippen LogP) is 7.56. The Kier molecular flexibility index (Phi) is 7.24. The van der Waals surface area contributed by atoms with E-state index in [0.717, 1.165) is 36.2 Å². The molecule has 4 rings (SSSR count). The van der Waals surface area contributed by atoms with Gasteiger partial charge in [0.25, 0.3) is 0 Å². The maximum absolute atomic E-state index is 12.3. The van der Waals surface area contributed by atoms with Crippen LogP contribution in [0.15, 0.2) is 11.3 Å². The third-order valence-corrected chi connectivity index (χ3v) is 10.9. The van der Waals surface area contributed by atoms with Crippen molar-refractivity contribution in [2.24, 2.45) is 46.3 Å². The molecule has 0 aromatic heterocycles. The predicted molar refractivity (Wildman–Crippen MR) is 135 cm³/mol. The van der Waals surface area contributed by atoms with Gasteiger partial charge < -0.3 is 4.74 Å². The Bertz CT molecular complexity index is 834. The molecular weight excluding hydrogens is 426 g/mol. The molecule has 5 heteroatoms. The van der Waals surface area contributed by atoms with Gasteiger partial charge in [0.15, 0.2) is 0 Å². The quantitative estimate of drug-likeness (QED) is 0.217. The molecule has 0 aromatic carbocycles. The largest absolute Gasteiger partial charge is 0.462 e. The van der Waals surface area contributed by atoms with Gasteiger partial charge in [0.1, 0.15) is 6.10 Å². The van der Waals surface area contributed by atoms with Crippen molar-refractivity contribution in [1.29, 1.82) is 0 Å². The van der Waals surface area contributed by atoms with Gasteiger partial charge in [-0.15, -0.1) is 0 Å². The first-order chi connectivity index (χ1) is 16.0. The van der Waals surface area contributed by atoms with E-state index in [1.165, 1.54) is 51.9 Å². The maximum atomic E-state index is 12.3. The molecule has 3 saturated carbocycles. The summed E-state index contributed by atoms with van der Waals surface area (Å²) >= 11 is 0. The third kappa shape index (κ3) is 4.46. The van der Waals surface area contributed by atoms with E-state index in [1.54, 1.807) is 0 Å². The molecule has 4 aliphatic rings. The second-order valence-corrected chi connectivity index (χ2v) is 13.2. The molecule has 0 amide bonds. The first-order valence-corrected chi connectivity index (χ1v) is 14.0. The number of hydrogen-bond donors (Lipinski definition) is 0. The van der Waals surface area contributed by atoms with Gasteiger partial charge >= 0.3 is 5.97 Å². The molecule has 192 valence electrons. The fraction of sp³-hybridized carbons (Fsp3) is 0.897. The summed E-state index contributed by atoms with van der Waals surface area (Å²) in [5.74, 6) is 3.53. The average Bonchev–Trinajstić information content (AvgIpc) is 3.10. The van der Waals surface area contributed by atoms with E-state index in [-0.39, 0.29) is 22.4 Å². The van der Waals surface area contributed by atoms with Crippen molar-refractivity contribution in [3.8, 4) is 0 Å². The maximum Gasteiger partial charge on any atom is 0.302 e. The molecule has 4 aliphatic carbocycles. The van der Waals surface area contributed by atoms with Crippen LogP contribution in [0.25, 0.3) is 0 Å². The Labute approximate surface area is 206 Å². The lowest BCUT2D eigenvalue weighted by molar-refractivity contribution is -0.434. The fourth-order valence-corrected chi connectivity index (χ4v) is 9.29. The summed E-state index contributed by atoms with van der Waals surface area (Å²) in [5, 5.41) is 12.3. The lowest BCUT2D eigenvalue weighted by atomic mass is 9.46. The van der Waals surface area contributed by atoms with Crippen LogP contribution in [0.4, 0.5) is 0 Å². The van der Waals surface area contributed by atoms with Crippen LogP contribution >= 0.6 is 0 Å². The molecular formula is C29H47NO4. The molecule has 0 bridgehead atoms. The Morgan fingerprint density at radius 3 is 2.44 bits per heavy atom. The van der Waals surface area contributed by atoms with Crippen LogP contribution in [0, 0.1) is 56.5 Å². The third-order valence-electron chi connectivity index (χ3n) is 10.9. The van der Waals surface area contributed by atoms with E-state index < -0.39 is 0 Å². The number of nitro groups is 1. The molecule has 0 N–H and O–H groups in total. The van der Waals surface area contributed by atoms with Gasteiger partial charge in [0, 0.05) is 25.3 Å². The van der Waals surface area contributed by atoms with E-state index in [1.807, 2.05) is 0 Å². The highest BCUT2D eigenvalue weighted by atomic mass is 16.6. The van der Waals surface area contributed by atoms with Gasteiger partial charge in [-0.25, -0.2) is 0 Å². The highest BCUT2D eigenvalue weighted by Gasteiger charge is 2.61. The minimum absolute atomic E-state index is 0.0904. The van der Waals surface area contributed by atoms with Crippen molar-refractivity contribution in [2.75, 3.05) is 0 Å². The van der Waals surface area contributed by atoms with Gasteiger partial charge in [-0.05, 0) is 84.9 Å². The van der Waals surface area contributed by atoms with Crippen LogP contribution in [-0.2, 0) is 9.53 Å². The average molecular weight is 474 g/mol. The fourth-order valence-electron chi connectivity index (χ4n) is 9.29. The van der Waals surface area contributed by atoms with Crippen molar-refractivity contribution < 1.29 is 14.5 Å². The zero-order valence-electron chi connectivity index (χ0n) is 22.4. The van der Waals surface area contributed by atoms with E-state index in [0.29, 0.717) is 41.7 Å². The molecule has 0 saturated heterocycles. The highest BCUT2D eigenvalue weighted by molar-refractivity contribution is 5.66. The van der Waals surface area contributed by atoms with Crippen LogP contribution in [0.3, 0.4) is 0 Å². The van der Waals surface area contributed by atoms with Crippen molar-refractivity contribution in [2.45, 2.75) is 118 Å². The lowest BCUT2D eigenvalue weighted by Gasteiger charge is -2.58. The van der Waals surface area contributed by atoms with Crippen LogP contribution < -0.4 is 0 Å². The number of esters is 1. The van der Waals surface area contributed by atoms with E-state index >= 15 is 0 Å². The number of ether oxygens (including phenoxy) is 1. The van der Waals surface area contributed by atoms with Crippen molar-refractivity contribution in [3.63, 3.8) is 0 Å². The summed E-state index contributed by atoms with van der Waals surface area (Å²) in [6.45, 7) is 13.4. The Hall–Kier alpha value is -1.39. The first-order valence-electron chi connectivity index (χ1n) is 14.0. The second-order valence-electron chi connectivity index (χ2n) is 13.2. The highest BCUT2D eigenvalue weighted by Crippen LogP contribution is 2.68. The number of hydrogen-bond acceptors (Lipinski definition) is 4. The summed E-state index contributed by atoms with van der Waals surface area (Å²) in [6.07, 6.45) is 11.6. The van der Waals surface area contributed by atoms with Crippen molar-refractivity contribution in [1.82, 2.24) is 0 Å². The molecule has 6 unspecified atom stereocenters. The molecule has 3 fully saturated rings. The number of fused-ring (bicyclic) bond motifs is 5. The molecule has 0 spiro atoms. The number of allylic oxidation sites excluding steroid dienone is 1. The van der Waals surface area contributed by atoms with E-state index in [2.05, 4.69) is 34.6 Å². The Morgan fingerprint density at radius 2 is 1.79 bits per heavy atom. The minimum Gasteiger partial charge on any atom is -0.462 e. The van der Waals surface area contributed by atoms with E-state index in [9.17, 15) is 14.9 Å². The SMILES string of the molecule is CC(=O)OC1CC[C@@]2(C)C(=C([N+](=O)[O-])CC3C4CCC(C(C)CCCC(C)C)[C@@]4(C)CCC32)C1. The second kappa shape index (κ2) is 9.58. The molecule has 0 radical (unpaired) electrons. The van der Waals surface area contributed by atoms with Gasteiger partial charge in [-0.2, -0.15) is 0 Å². The number of carbonyl (C=O) groups excluding carboxylic acids is 1. The van der Waals surface area contributed by atoms with Gasteiger partial charge in [0.05, 0.1) is 4.92 Å². The number of carbonyl (C=O) groups is 1. The summed E-state index contributed by atoms with van der Waals surface area (Å²) in [7, 11) is 0. The molecule has 0 aromatic rings. The van der Waals surface area contributed by atoms with Gasteiger partial charge in [-0.1, -0.05) is 53.9 Å². The molecule has 34 heavy (non-hydrogen) atoms. The standard InChI is InChI=1S/C29H47NO4/c1-18(2)8-7-9-19(3)23-10-11-24-22-17-27(30(32)33)26-16-21(34-20(4)31)12-14-29(26,6)25(22)13-15-28(23,24)5/h18-19,21-25H,7-17H2,1-6H3/t19?,21?,22?,23?,24?,25?,28-,29-/m1/s1. The van der Waals surface area contributed by atoms with Crippen LogP contribution in [0.2, 0.25) is 0 Å². The molecule has 0 aliphatic heterocycles. The first kappa shape index (κ1) is 25.7. The smallest absolute Gasteiger partial charge is 0.302 e. The number of nitrogens with zero attached hydrogens (tertiary/aromatic N) is 1. The zero-order chi connectivity index (χ0) is 24.8. The topological polar surface area (TPSA) is 69.4 Å². The monoisotopic (exact) mass is 473 g/mol. The minimum atomic E-state index is -0.279. The van der Waals surface area contributed by atoms with Crippen LogP contribution in [0.1, 0.15) is 112 Å². The Balaban J connectivity index is 1.58. The normalized spacial score (nSPS) is 40.4. The number of rotatable bonds is 7. The lowest BCUT2D eigenvalue weighted by Crippen LogP contribution is -2.52. The van der Waals surface area contributed by atoms with Crippen LogP contribution in [-0.4, -0.2) is 17.0 Å². The van der Waals surface area contributed by atoms with Crippen molar-refractivity contribution in [3.05, 3.63) is 21.4 Å². The van der Waals surface area contributed by atoms with E-state index in [4.69, 9.17) is 4.74 Å². The van der Waals surface area contributed by atoms with Gasteiger partial charge in [-0.3, -0.25) is 14.9 Å². The Morgan fingerprint density at radius 1 is 1.06 bits per heavy atom. The molecule has 5 nitrogen and oxygen atoms in total. The van der Waals surface area contributed by atoms with Gasteiger partial charge in [0.2, 0.25) is 5.70 Å². The molecule has 0 heterocycles. The molecule has 8 atom stereocenters. The van der Waals surface area contributed by atoms with Crippen molar-refractivity contribution >= 4 is 5.97 Å². The summed E-state index contributed by atoms with van der Waals surface area (Å²) in [6, 6.07) is 0. The summed E-state index contributed by atoms with van der Waals surface area (Å²) in [5.41, 5.74) is 1.66.